The predicted octanol–water partition coefficient (Wildman–Crippen LogP) is 7.28. The summed E-state index contributed by atoms with van der Waals surface area (Å²) in [6, 6.07) is 12.6. The molecule has 2 aromatic carbocycles. The lowest BCUT2D eigenvalue weighted by Gasteiger charge is -2.42. The van der Waals surface area contributed by atoms with E-state index in [1.807, 2.05) is 18.2 Å². The Labute approximate surface area is 234 Å². The van der Waals surface area contributed by atoms with Gasteiger partial charge >= 0.3 is 0 Å². The van der Waals surface area contributed by atoms with Crippen molar-refractivity contribution in [3.05, 3.63) is 69.8 Å². The van der Waals surface area contributed by atoms with E-state index in [0.29, 0.717) is 39.7 Å². The molecule has 200 valence electrons. The maximum Gasteiger partial charge on any atom is 0.244 e. The summed E-state index contributed by atoms with van der Waals surface area (Å²) < 4.78 is 0. The zero-order chi connectivity index (χ0) is 26.2. The smallest absolute Gasteiger partial charge is 0.244 e. The van der Waals surface area contributed by atoms with E-state index in [9.17, 15) is 9.90 Å². The van der Waals surface area contributed by atoms with Crippen molar-refractivity contribution in [1.82, 2.24) is 15.2 Å². The number of rotatable bonds is 6. The number of nitrogens with zero attached hydrogens (tertiary/aromatic N) is 1. The lowest BCUT2D eigenvalue weighted by Crippen LogP contribution is -2.46. The molecular weight excluding hydrogens is 517 g/mol. The molecule has 3 atom stereocenters. The zero-order valence-electron chi connectivity index (χ0n) is 21.5. The maximum absolute atomic E-state index is 12.5. The lowest BCUT2D eigenvalue weighted by atomic mass is 9.82. The Morgan fingerprint density at radius 2 is 1.76 bits per heavy atom. The third kappa shape index (κ3) is 5.47. The van der Waals surface area contributed by atoms with Crippen molar-refractivity contribution in [3.8, 4) is 5.75 Å². The Morgan fingerprint density at radius 1 is 1.00 bits per heavy atom. The molecule has 0 spiro atoms. The van der Waals surface area contributed by atoms with Crippen LogP contribution in [0.2, 0.25) is 10.0 Å². The molecule has 38 heavy (non-hydrogen) atoms. The van der Waals surface area contributed by atoms with Crippen LogP contribution < -0.4 is 5.32 Å². The molecule has 1 aliphatic carbocycles. The molecule has 1 aromatic heterocycles. The van der Waals surface area contributed by atoms with Gasteiger partial charge in [0.1, 0.15) is 5.75 Å². The van der Waals surface area contributed by atoms with Crippen LogP contribution >= 0.6 is 23.2 Å². The Kier molecular flexibility index (Phi) is 7.43. The van der Waals surface area contributed by atoms with Crippen molar-refractivity contribution in [2.75, 3.05) is 6.54 Å². The fraction of sp³-hybridized carbons (Fsp3) is 0.452. The quantitative estimate of drug-likeness (QED) is 0.282. The number of piperidine rings is 1. The highest BCUT2D eigenvalue weighted by Crippen LogP contribution is 2.45. The van der Waals surface area contributed by atoms with Crippen LogP contribution in [-0.2, 0) is 4.79 Å². The number of benzene rings is 2. The third-order valence-electron chi connectivity index (χ3n) is 9.05. The van der Waals surface area contributed by atoms with Crippen molar-refractivity contribution >= 4 is 46.1 Å². The molecule has 1 saturated carbocycles. The second-order valence-electron chi connectivity index (χ2n) is 11.5. The zero-order valence-corrected chi connectivity index (χ0v) is 23.0. The number of aromatic nitrogens is 1. The van der Waals surface area contributed by atoms with Crippen LogP contribution in [0, 0.1) is 5.92 Å². The SMILES string of the molecule is O=C(/C=C/c1ccc(Cl)c(Cl)c1)NC1CCC(CN2[C@@H]3CC[C@H]2CC(c2c[nH]c4ccc(O)cc24)C3)CC1. The molecule has 3 heterocycles. The van der Waals surface area contributed by atoms with Crippen LogP contribution in [0.5, 0.6) is 5.75 Å². The molecule has 3 N–H and O–H groups in total. The number of aromatic amines is 1. The van der Waals surface area contributed by atoms with Gasteiger partial charge in [-0.05, 0) is 111 Å². The fourth-order valence-corrected chi connectivity index (χ4v) is 7.43. The topological polar surface area (TPSA) is 68.4 Å². The highest BCUT2D eigenvalue weighted by Gasteiger charge is 2.42. The molecule has 2 aliphatic heterocycles. The maximum atomic E-state index is 12.5. The molecular formula is C31H35Cl2N3O2. The largest absolute Gasteiger partial charge is 0.508 e. The van der Waals surface area contributed by atoms with E-state index in [-0.39, 0.29) is 11.9 Å². The minimum atomic E-state index is -0.0507. The number of phenolic OH excluding ortho intramolecular Hbond substituents is 1. The molecule has 2 saturated heterocycles. The lowest BCUT2D eigenvalue weighted by molar-refractivity contribution is -0.117. The van der Waals surface area contributed by atoms with Gasteiger partial charge in [0.05, 0.1) is 10.0 Å². The molecule has 7 heteroatoms. The summed E-state index contributed by atoms with van der Waals surface area (Å²) in [6.45, 7) is 1.19. The Hall–Kier alpha value is -2.47. The van der Waals surface area contributed by atoms with Crippen molar-refractivity contribution < 1.29 is 9.90 Å². The molecule has 3 aromatic rings. The van der Waals surface area contributed by atoms with E-state index in [4.69, 9.17) is 23.2 Å². The minimum Gasteiger partial charge on any atom is -0.508 e. The highest BCUT2D eigenvalue weighted by atomic mass is 35.5. The van der Waals surface area contributed by atoms with Crippen LogP contribution in [0.1, 0.15) is 68.4 Å². The standard InChI is InChI=1S/C31H35Cl2N3O2/c32-28-10-3-19(13-29(28)33)4-12-31(38)35-22-5-1-20(2-6-22)18-36-23-7-8-24(36)15-21(14-23)27-17-34-30-11-9-25(37)16-26(27)30/h3-4,9-13,16-17,20-24,34,37H,1-2,5-8,14-15,18H2,(H,35,38)/b12-4+/t20?,21?,22?,23-,24+. The summed E-state index contributed by atoms with van der Waals surface area (Å²) in [5.74, 6) is 1.56. The number of aromatic hydroxyl groups is 1. The highest BCUT2D eigenvalue weighted by molar-refractivity contribution is 6.42. The van der Waals surface area contributed by atoms with Gasteiger partial charge in [0.15, 0.2) is 0 Å². The summed E-state index contributed by atoms with van der Waals surface area (Å²) in [5, 5.41) is 15.4. The number of nitrogens with one attached hydrogen (secondary N) is 2. The first-order valence-electron chi connectivity index (χ1n) is 13.9. The average Bonchev–Trinajstić information content (AvgIpc) is 3.41. The van der Waals surface area contributed by atoms with E-state index in [1.165, 1.54) is 56.0 Å². The van der Waals surface area contributed by atoms with Crippen LogP contribution in [0.25, 0.3) is 17.0 Å². The van der Waals surface area contributed by atoms with E-state index < -0.39 is 0 Å². The van der Waals surface area contributed by atoms with E-state index in [1.54, 1.807) is 30.4 Å². The number of carbonyl (C=O) groups is 1. The van der Waals surface area contributed by atoms with Gasteiger partial charge in [-0.1, -0.05) is 29.3 Å². The van der Waals surface area contributed by atoms with Gasteiger partial charge in [0.25, 0.3) is 0 Å². The summed E-state index contributed by atoms with van der Waals surface area (Å²) >= 11 is 12.0. The van der Waals surface area contributed by atoms with Crippen molar-refractivity contribution in [2.24, 2.45) is 5.92 Å². The third-order valence-corrected chi connectivity index (χ3v) is 9.79. The molecule has 0 radical (unpaired) electrons. The normalized spacial score (nSPS) is 27.8. The van der Waals surface area contributed by atoms with Crippen LogP contribution in [0.15, 0.2) is 48.7 Å². The summed E-state index contributed by atoms with van der Waals surface area (Å²) in [5.41, 5.74) is 3.35. The molecule has 3 fully saturated rings. The van der Waals surface area contributed by atoms with Gasteiger partial charge in [-0.25, -0.2) is 0 Å². The number of phenols is 1. The first-order chi connectivity index (χ1) is 18.4. The van der Waals surface area contributed by atoms with Crippen LogP contribution in [-0.4, -0.2) is 45.6 Å². The van der Waals surface area contributed by atoms with Crippen molar-refractivity contribution in [1.29, 1.82) is 0 Å². The summed E-state index contributed by atoms with van der Waals surface area (Å²) in [4.78, 5) is 18.7. The predicted molar refractivity (Wildman–Crippen MR) is 155 cm³/mol. The van der Waals surface area contributed by atoms with E-state index in [0.717, 1.165) is 23.9 Å². The molecule has 1 amide bonds. The number of fused-ring (bicyclic) bond motifs is 3. The van der Waals surface area contributed by atoms with Crippen molar-refractivity contribution in [2.45, 2.75) is 75.4 Å². The number of halogens is 2. The van der Waals surface area contributed by atoms with Gasteiger partial charge in [-0.15, -0.1) is 0 Å². The molecule has 6 rings (SSSR count). The first kappa shape index (κ1) is 25.8. The number of hydrogen-bond donors (Lipinski definition) is 3. The summed E-state index contributed by atoms with van der Waals surface area (Å²) in [6.07, 6.45) is 15.0. The fourth-order valence-electron chi connectivity index (χ4n) is 7.12. The second kappa shape index (κ2) is 11.0. The Balaban J connectivity index is 0.992. The average molecular weight is 553 g/mol. The van der Waals surface area contributed by atoms with Crippen LogP contribution in [0.3, 0.4) is 0 Å². The van der Waals surface area contributed by atoms with Gasteiger partial charge in [-0.3, -0.25) is 9.69 Å². The Bertz CT molecular complexity index is 1330. The molecule has 2 bridgehead atoms. The minimum absolute atomic E-state index is 0.0507. The first-order valence-corrected chi connectivity index (χ1v) is 14.7. The van der Waals surface area contributed by atoms with Gasteiger partial charge in [0, 0.05) is 47.8 Å². The number of hydrogen-bond acceptors (Lipinski definition) is 3. The molecule has 3 aliphatic rings. The molecule has 5 nitrogen and oxygen atoms in total. The number of carbonyl (C=O) groups excluding carboxylic acids is 1. The second-order valence-corrected chi connectivity index (χ2v) is 12.3. The van der Waals surface area contributed by atoms with Gasteiger partial charge in [-0.2, -0.15) is 0 Å². The van der Waals surface area contributed by atoms with E-state index in [2.05, 4.69) is 21.4 Å². The van der Waals surface area contributed by atoms with E-state index >= 15 is 0 Å². The Morgan fingerprint density at radius 3 is 2.50 bits per heavy atom. The number of H-pyrrole nitrogens is 1. The van der Waals surface area contributed by atoms with Crippen molar-refractivity contribution in [3.63, 3.8) is 0 Å². The molecule has 1 unspecified atom stereocenters. The van der Waals surface area contributed by atoms with Gasteiger partial charge < -0.3 is 15.4 Å². The summed E-state index contributed by atoms with van der Waals surface area (Å²) in [7, 11) is 0. The van der Waals surface area contributed by atoms with Gasteiger partial charge in [0.2, 0.25) is 5.91 Å². The number of amides is 1. The monoisotopic (exact) mass is 551 g/mol. The van der Waals surface area contributed by atoms with Crippen LogP contribution in [0.4, 0.5) is 0 Å².